The van der Waals surface area contributed by atoms with Crippen LogP contribution < -0.4 is 10.6 Å². The number of hydrogen-bond donors (Lipinski definition) is 2. The van der Waals surface area contributed by atoms with Crippen molar-refractivity contribution >= 4 is 23.0 Å². The number of aromatic nitrogens is 3. The molecule has 0 spiro atoms. The summed E-state index contributed by atoms with van der Waals surface area (Å²) in [4.78, 5) is 3.93. The smallest absolute Gasteiger partial charge is 0.171 e. The third kappa shape index (κ3) is 4.19. The number of nitrogens with zero attached hydrogens (tertiary/aromatic N) is 3. The van der Waals surface area contributed by atoms with Crippen molar-refractivity contribution in [1.29, 1.82) is 0 Å². The molecule has 25 heavy (non-hydrogen) atoms. The topological polar surface area (TPSA) is 54.8 Å². The van der Waals surface area contributed by atoms with E-state index >= 15 is 0 Å². The van der Waals surface area contributed by atoms with E-state index in [0.29, 0.717) is 16.4 Å². The summed E-state index contributed by atoms with van der Waals surface area (Å²) in [6.07, 6.45) is 3.15. The predicted molar refractivity (Wildman–Crippen MR) is 100 cm³/mol. The molecule has 2 aromatic carbocycles. The Morgan fingerprint density at radius 3 is 2.60 bits per heavy atom. The van der Waals surface area contributed by atoms with Crippen LogP contribution in [0.4, 0.5) is 10.1 Å². The van der Waals surface area contributed by atoms with Crippen LogP contribution in [0.5, 0.6) is 0 Å². The van der Waals surface area contributed by atoms with Gasteiger partial charge in [-0.2, -0.15) is 5.10 Å². The van der Waals surface area contributed by atoms with Crippen molar-refractivity contribution in [3.05, 3.63) is 72.1 Å². The quantitative estimate of drug-likeness (QED) is 0.698. The van der Waals surface area contributed by atoms with Crippen molar-refractivity contribution in [2.45, 2.75) is 19.9 Å². The van der Waals surface area contributed by atoms with Crippen LogP contribution in [0.2, 0.25) is 0 Å². The highest BCUT2D eigenvalue weighted by Crippen LogP contribution is 2.17. The van der Waals surface area contributed by atoms with Crippen molar-refractivity contribution < 1.29 is 4.39 Å². The summed E-state index contributed by atoms with van der Waals surface area (Å²) in [5, 5.41) is 10.7. The van der Waals surface area contributed by atoms with Crippen molar-refractivity contribution in [3.63, 3.8) is 0 Å². The first-order chi connectivity index (χ1) is 12.0. The lowest BCUT2D eigenvalue weighted by atomic mass is 10.1. The van der Waals surface area contributed by atoms with Crippen molar-refractivity contribution in [2.24, 2.45) is 0 Å². The zero-order valence-corrected chi connectivity index (χ0v) is 14.7. The summed E-state index contributed by atoms with van der Waals surface area (Å²) in [6.45, 7) is 3.73. The molecule has 0 unspecified atom stereocenters. The highest BCUT2D eigenvalue weighted by molar-refractivity contribution is 7.80. The van der Waals surface area contributed by atoms with Gasteiger partial charge < -0.3 is 10.6 Å². The van der Waals surface area contributed by atoms with E-state index in [0.717, 1.165) is 11.3 Å². The van der Waals surface area contributed by atoms with Gasteiger partial charge >= 0.3 is 0 Å². The van der Waals surface area contributed by atoms with Gasteiger partial charge in [0.1, 0.15) is 18.5 Å². The molecule has 0 radical (unpaired) electrons. The summed E-state index contributed by atoms with van der Waals surface area (Å²) in [6, 6.07) is 12.9. The number of anilines is 1. The highest BCUT2D eigenvalue weighted by atomic mass is 32.1. The van der Waals surface area contributed by atoms with Gasteiger partial charge in [-0.1, -0.05) is 18.2 Å². The van der Waals surface area contributed by atoms with Gasteiger partial charge in [0, 0.05) is 5.69 Å². The molecule has 0 aliphatic carbocycles. The van der Waals surface area contributed by atoms with Crippen LogP contribution in [0.3, 0.4) is 0 Å². The molecule has 5 nitrogen and oxygen atoms in total. The number of nitrogens with one attached hydrogen (secondary N) is 2. The first-order valence-electron chi connectivity index (χ1n) is 7.81. The lowest BCUT2D eigenvalue weighted by molar-refractivity contribution is 0.619. The fraction of sp³-hybridized carbons (Fsp3) is 0.167. The Labute approximate surface area is 150 Å². The van der Waals surface area contributed by atoms with Crippen LogP contribution in [0.1, 0.15) is 24.1 Å². The monoisotopic (exact) mass is 355 g/mol. The van der Waals surface area contributed by atoms with Gasteiger partial charge in [0.2, 0.25) is 0 Å². The van der Waals surface area contributed by atoms with Gasteiger partial charge in [-0.15, -0.1) is 0 Å². The van der Waals surface area contributed by atoms with E-state index in [1.165, 1.54) is 12.4 Å². The molecule has 0 bridgehead atoms. The molecule has 0 saturated heterocycles. The second-order valence-electron chi connectivity index (χ2n) is 5.72. The average Bonchev–Trinajstić information content (AvgIpc) is 3.13. The molecule has 128 valence electrons. The zero-order valence-electron chi connectivity index (χ0n) is 13.9. The Balaban J connectivity index is 1.62. The Bertz CT molecular complexity index is 862. The molecule has 1 aromatic heterocycles. The number of aryl methyl sites for hydroxylation is 1. The summed E-state index contributed by atoms with van der Waals surface area (Å²) in [5.74, 6) is -0.260. The molecular weight excluding hydrogens is 337 g/mol. The Morgan fingerprint density at radius 2 is 1.96 bits per heavy atom. The third-order valence-electron chi connectivity index (χ3n) is 3.85. The van der Waals surface area contributed by atoms with Gasteiger partial charge in [-0.3, -0.25) is 0 Å². The lowest BCUT2D eigenvalue weighted by Crippen LogP contribution is -2.30. The van der Waals surface area contributed by atoms with Gasteiger partial charge in [0.05, 0.1) is 11.7 Å². The minimum absolute atomic E-state index is 0.0000849. The molecular formula is C18H18FN5S. The number of benzene rings is 2. The molecule has 2 N–H and O–H groups in total. The van der Waals surface area contributed by atoms with E-state index < -0.39 is 0 Å². The molecule has 0 fully saturated rings. The SMILES string of the molecule is Cc1ccc(NC(=S)N[C@H](C)c2ccc(-n3cncn3)cc2)cc1F. The molecule has 0 amide bonds. The first kappa shape index (κ1) is 17.0. The predicted octanol–water partition coefficient (Wildman–Crippen LogP) is 3.76. The van der Waals surface area contributed by atoms with Crippen LogP contribution in [-0.2, 0) is 0 Å². The largest absolute Gasteiger partial charge is 0.356 e. The molecule has 1 atom stereocenters. The minimum atomic E-state index is -0.260. The summed E-state index contributed by atoms with van der Waals surface area (Å²) >= 11 is 5.31. The van der Waals surface area contributed by atoms with E-state index in [2.05, 4.69) is 20.7 Å². The Kier molecular flexibility index (Phi) is 5.04. The summed E-state index contributed by atoms with van der Waals surface area (Å²) in [7, 11) is 0. The molecule has 1 heterocycles. The van der Waals surface area contributed by atoms with Gasteiger partial charge in [0.15, 0.2) is 5.11 Å². The van der Waals surface area contributed by atoms with Crippen molar-refractivity contribution in [2.75, 3.05) is 5.32 Å². The lowest BCUT2D eigenvalue weighted by Gasteiger charge is -2.18. The normalized spacial score (nSPS) is 11.8. The third-order valence-corrected chi connectivity index (χ3v) is 4.07. The molecule has 0 aliphatic heterocycles. The van der Waals surface area contributed by atoms with E-state index in [1.807, 2.05) is 31.2 Å². The van der Waals surface area contributed by atoms with E-state index in [1.54, 1.807) is 30.1 Å². The Morgan fingerprint density at radius 1 is 1.20 bits per heavy atom. The van der Waals surface area contributed by atoms with E-state index in [9.17, 15) is 4.39 Å². The number of hydrogen-bond acceptors (Lipinski definition) is 3. The second kappa shape index (κ2) is 7.40. The van der Waals surface area contributed by atoms with E-state index in [4.69, 9.17) is 12.2 Å². The first-order valence-corrected chi connectivity index (χ1v) is 8.22. The molecule has 0 saturated carbocycles. The van der Waals surface area contributed by atoms with Crippen LogP contribution in [0.25, 0.3) is 5.69 Å². The molecule has 3 rings (SSSR count). The minimum Gasteiger partial charge on any atom is -0.356 e. The Hall–Kier alpha value is -2.80. The summed E-state index contributed by atoms with van der Waals surface area (Å²) < 4.78 is 15.3. The molecule has 0 aliphatic rings. The van der Waals surface area contributed by atoms with Crippen molar-refractivity contribution in [3.8, 4) is 5.69 Å². The standard InChI is InChI=1S/C18H18FN5S/c1-12-3-6-15(9-17(12)19)23-18(25)22-13(2)14-4-7-16(8-5-14)24-11-20-10-21-24/h3-11,13H,1-2H3,(H2,22,23,25)/t13-/m1/s1. The van der Waals surface area contributed by atoms with Gasteiger partial charge in [-0.05, 0) is 61.5 Å². The fourth-order valence-electron chi connectivity index (χ4n) is 2.38. The van der Waals surface area contributed by atoms with Gasteiger partial charge in [-0.25, -0.2) is 14.1 Å². The number of thiocarbonyl (C=S) groups is 1. The fourth-order valence-corrected chi connectivity index (χ4v) is 2.67. The van der Waals surface area contributed by atoms with Crippen LogP contribution in [0.15, 0.2) is 55.1 Å². The van der Waals surface area contributed by atoms with Crippen LogP contribution in [-0.4, -0.2) is 19.9 Å². The zero-order chi connectivity index (χ0) is 17.8. The maximum Gasteiger partial charge on any atom is 0.171 e. The maximum absolute atomic E-state index is 13.6. The van der Waals surface area contributed by atoms with Gasteiger partial charge in [0.25, 0.3) is 0 Å². The molecule has 7 heteroatoms. The van der Waals surface area contributed by atoms with E-state index in [-0.39, 0.29) is 11.9 Å². The van der Waals surface area contributed by atoms with Crippen LogP contribution in [0, 0.1) is 12.7 Å². The number of rotatable bonds is 4. The molecule has 3 aromatic rings. The van der Waals surface area contributed by atoms with Crippen molar-refractivity contribution in [1.82, 2.24) is 20.1 Å². The average molecular weight is 355 g/mol. The maximum atomic E-state index is 13.6. The second-order valence-corrected chi connectivity index (χ2v) is 6.12. The highest BCUT2D eigenvalue weighted by Gasteiger charge is 2.08. The van der Waals surface area contributed by atoms with Crippen LogP contribution >= 0.6 is 12.2 Å². The number of halogens is 1. The summed E-state index contributed by atoms with van der Waals surface area (Å²) in [5.41, 5.74) is 3.23.